The molecule has 0 spiro atoms. The number of hydrogen-bond donors (Lipinski definition) is 2. The first-order valence-corrected chi connectivity index (χ1v) is 5.49. The SMILES string of the molecule is CCB1OC2C(OC)OC(C(O)CO)C2O1. The highest BCUT2D eigenvalue weighted by Crippen LogP contribution is 2.35. The molecule has 2 saturated heterocycles. The molecular weight excluding hydrogens is 215 g/mol. The third kappa shape index (κ3) is 1.99. The molecule has 0 bridgehead atoms. The molecule has 2 N–H and O–H groups in total. The van der Waals surface area contributed by atoms with E-state index in [0.717, 1.165) is 6.32 Å². The zero-order valence-corrected chi connectivity index (χ0v) is 9.41. The van der Waals surface area contributed by atoms with Gasteiger partial charge in [0.15, 0.2) is 6.29 Å². The van der Waals surface area contributed by atoms with Crippen LogP contribution in [-0.2, 0) is 18.8 Å². The fraction of sp³-hybridized carbons (Fsp3) is 1.00. The van der Waals surface area contributed by atoms with Crippen LogP contribution in [0.1, 0.15) is 6.92 Å². The number of hydrogen-bond acceptors (Lipinski definition) is 6. The van der Waals surface area contributed by atoms with Gasteiger partial charge < -0.3 is 29.0 Å². The van der Waals surface area contributed by atoms with E-state index >= 15 is 0 Å². The summed E-state index contributed by atoms with van der Waals surface area (Å²) in [4.78, 5) is 0. The molecule has 7 heteroatoms. The van der Waals surface area contributed by atoms with Crippen molar-refractivity contribution in [2.45, 2.75) is 43.9 Å². The Balaban J connectivity index is 2.07. The van der Waals surface area contributed by atoms with Crippen LogP contribution in [-0.4, -0.2) is 61.8 Å². The van der Waals surface area contributed by atoms with E-state index in [0.29, 0.717) is 0 Å². The molecule has 2 fully saturated rings. The third-order valence-corrected chi connectivity index (χ3v) is 2.96. The maximum absolute atomic E-state index is 9.61. The Labute approximate surface area is 94.6 Å². The van der Waals surface area contributed by atoms with E-state index in [2.05, 4.69) is 0 Å². The largest absolute Gasteiger partial charge is 0.457 e. The van der Waals surface area contributed by atoms with Crippen LogP contribution in [0.2, 0.25) is 6.32 Å². The second-order valence-corrected chi connectivity index (χ2v) is 3.99. The highest BCUT2D eigenvalue weighted by molar-refractivity contribution is 6.45. The van der Waals surface area contributed by atoms with Gasteiger partial charge >= 0.3 is 7.12 Å². The van der Waals surface area contributed by atoms with Crippen molar-refractivity contribution in [1.82, 2.24) is 0 Å². The first kappa shape index (κ1) is 12.3. The van der Waals surface area contributed by atoms with E-state index in [4.69, 9.17) is 23.9 Å². The van der Waals surface area contributed by atoms with Crippen LogP contribution in [0.15, 0.2) is 0 Å². The van der Waals surface area contributed by atoms with Gasteiger partial charge in [-0.15, -0.1) is 0 Å². The summed E-state index contributed by atoms with van der Waals surface area (Å²) in [6, 6.07) is 0. The molecule has 2 aliphatic heterocycles. The van der Waals surface area contributed by atoms with Crippen LogP contribution in [0, 0.1) is 0 Å². The predicted octanol–water partition coefficient (Wildman–Crippen LogP) is -0.997. The lowest BCUT2D eigenvalue weighted by Gasteiger charge is -2.21. The van der Waals surface area contributed by atoms with Crippen molar-refractivity contribution in [2.75, 3.05) is 13.7 Å². The Morgan fingerprint density at radius 3 is 2.62 bits per heavy atom. The monoisotopic (exact) mass is 232 g/mol. The van der Waals surface area contributed by atoms with Crippen LogP contribution >= 0.6 is 0 Å². The summed E-state index contributed by atoms with van der Waals surface area (Å²) in [5, 5.41) is 18.5. The van der Waals surface area contributed by atoms with Gasteiger partial charge in [-0.05, 0) is 6.32 Å². The second-order valence-electron chi connectivity index (χ2n) is 3.99. The number of aliphatic hydroxyl groups excluding tert-OH is 2. The molecule has 0 aromatic carbocycles. The average Bonchev–Trinajstić information content (AvgIpc) is 2.85. The smallest absolute Gasteiger partial charge is 0.403 e. The molecule has 0 aliphatic carbocycles. The molecule has 0 saturated carbocycles. The Hall–Kier alpha value is -0.175. The highest BCUT2D eigenvalue weighted by Gasteiger charge is 2.55. The van der Waals surface area contributed by atoms with Crippen molar-refractivity contribution in [3.63, 3.8) is 0 Å². The van der Waals surface area contributed by atoms with Gasteiger partial charge in [0.05, 0.1) is 6.61 Å². The van der Waals surface area contributed by atoms with E-state index in [9.17, 15) is 5.11 Å². The van der Waals surface area contributed by atoms with Crippen LogP contribution in [0.25, 0.3) is 0 Å². The maximum atomic E-state index is 9.61. The van der Waals surface area contributed by atoms with Gasteiger partial charge in [-0.1, -0.05) is 6.92 Å². The fourth-order valence-electron chi connectivity index (χ4n) is 2.13. The van der Waals surface area contributed by atoms with Crippen LogP contribution in [0.3, 0.4) is 0 Å². The van der Waals surface area contributed by atoms with Gasteiger partial charge in [0.1, 0.15) is 24.4 Å². The molecule has 5 unspecified atom stereocenters. The summed E-state index contributed by atoms with van der Waals surface area (Å²) in [5.41, 5.74) is 0. The van der Waals surface area contributed by atoms with E-state index in [1.54, 1.807) is 0 Å². The summed E-state index contributed by atoms with van der Waals surface area (Å²) in [6.07, 6.45) is -2.11. The first-order valence-electron chi connectivity index (χ1n) is 5.49. The van der Waals surface area contributed by atoms with Crippen LogP contribution in [0.4, 0.5) is 0 Å². The predicted molar refractivity (Wildman–Crippen MR) is 54.7 cm³/mol. The summed E-state index contributed by atoms with van der Waals surface area (Å²) in [6.45, 7) is 1.58. The lowest BCUT2D eigenvalue weighted by Crippen LogP contribution is -2.39. The highest BCUT2D eigenvalue weighted by atomic mass is 16.8. The van der Waals surface area contributed by atoms with Crippen molar-refractivity contribution in [3.8, 4) is 0 Å². The Morgan fingerprint density at radius 1 is 1.38 bits per heavy atom. The van der Waals surface area contributed by atoms with E-state index < -0.39 is 18.5 Å². The molecule has 0 amide bonds. The van der Waals surface area contributed by atoms with E-state index in [1.165, 1.54) is 7.11 Å². The topological polar surface area (TPSA) is 77.4 Å². The van der Waals surface area contributed by atoms with Crippen LogP contribution < -0.4 is 0 Å². The van der Waals surface area contributed by atoms with Crippen molar-refractivity contribution >= 4 is 7.12 Å². The van der Waals surface area contributed by atoms with Crippen molar-refractivity contribution in [1.29, 1.82) is 0 Å². The molecule has 2 aliphatic rings. The molecular formula is C9H17BO6. The molecule has 0 aromatic rings. The fourth-order valence-corrected chi connectivity index (χ4v) is 2.13. The lowest BCUT2D eigenvalue weighted by molar-refractivity contribution is -0.168. The van der Waals surface area contributed by atoms with E-state index in [-0.39, 0.29) is 25.9 Å². The van der Waals surface area contributed by atoms with Crippen molar-refractivity contribution in [2.24, 2.45) is 0 Å². The molecule has 2 heterocycles. The molecule has 0 radical (unpaired) electrons. The number of methoxy groups -OCH3 is 1. The second kappa shape index (κ2) is 4.99. The standard InChI is InChI=1S/C9H17BO6/c1-3-10-15-7-6(5(12)4-11)14-9(13-2)8(7)16-10/h5-9,11-12H,3-4H2,1-2H3. The molecule has 92 valence electrons. The minimum atomic E-state index is -0.980. The number of fused-ring (bicyclic) bond motifs is 1. The van der Waals surface area contributed by atoms with Gasteiger partial charge in [0.2, 0.25) is 0 Å². The zero-order chi connectivity index (χ0) is 11.7. The summed E-state index contributed by atoms with van der Waals surface area (Å²) in [5.74, 6) is 0. The number of ether oxygens (including phenoxy) is 2. The Morgan fingerprint density at radius 2 is 2.06 bits per heavy atom. The molecule has 0 aromatic heterocycles. The van der Waals surface area contributed by atoms with E-state index in [1.807, 2.05) is 6.92 Å². The van der Waals surface area contributed by atoms with Crippen LogP contribution in [0.5, 0.6) is 0 Å². The summed E-state index contributed by atoms with van der Waals surface area (Å²) < 4.78 is 21.8. The summed E-state index contributed by atoms with van der Waals surface area (Å²) in [7, 11) is 1.22. The van der Waals surface area contributed by atoms with Gasteiger partial charge in [-0.3, -0.25) is 0 Å². The van der Waals surface area contributed by atoms with Crippen molar-refractivity contribution < 1.29 is 29.0 Å². The quantitative estimate of drug-likeness (QED) is 0.605. The lowest BCUT2D eigenvalue weighted by atomic mass is 9.87. The Kier molecular flexibility index (Phi) is 3.83. The van der Waals surface area contributed by atoms with Gasteiger partial charge in [0.25, 0.3) is 0 Å². The van der Waals surface area contributed by atoms with Crippen molar-refractivity contribution in [3.05, 3.63) is 0 Å². The minimum absolute atomic E-state index is 0.287. The summed E-state index contributed by atoms with van der Waals surface area (Å²) >= 11 is 0. The molecule has 16 heavy (non-hydrogen) atoms. The van der Waals surface area contributed by atoms with Gasteiger partial charge in [-0.2, -0.15) is 0 Å². The number of aliphatic hydroxyl groups is 2. The maximum Gasteiger partial charge on any atom is 0.457 e. The minimum Gasteiger partial charge on any atom is -0.403 e. The third-order valence-electron chi connectivity index (χ3n) is 2.96. The molecule has 5 atom stereocenters. The number of rotatable bonds is 4. The average molecular weight is 232 g/mol. The Bertz CT molecular complexity index is 240. The zero-order valence-electron chi connectivity index (χ0n) is 9.41. The first-order chi connectivity index (χ1) is 7.71. The van der Waals surface area contributed by atoms with Gasteiger partial charge in [0, 0.05) is 7.11 Å². The molecule has 6 nitrogen and oxygen atoms in total. The normalized spacial score (nSPS) is 40.1. The molecule has 2 rings (SSSR count). The van der Waals surface area contributed by atoms with Gasteiger partial charge in [-0.25, -0.2) is 0 Å².